The van der Waals surface area contributed by atoms with E-state index in [1.807, 2.05) is 24.3 Å². The van der Waals surface area contributed by atoms with Gasteiger partial charge in [-0.1, -0.05) is 91.0 Å². The fourth-order valence-corrected chi connectivity index (χ4v) is 7.38. The molecular weight excluding hydrogens is 548 g/mol. The molecule has 0 fully saturated rings. The number of carbonyl (C=O) groups excluding carboxylic acids is 1. The quantitative estimate of drug-likeness (QED) is 0.184. The maximum Gasteiger partial charge on any atom is 0.414 e. The number of hydrogen-bond acceptors (Lipinski definition) is 4. The molecule has 5 aromatic carbocycles. The lowest BCUT2D eigenvalue weighted by atomic mass is 10.00. The highest BCUT2D eigenvalue weighted by molar-refractivity contribution is 7.81. The summed E-state index contributed by atoms with van der Waals surface area (Å²) in [5.41, 5.74) is 0.684. The van der Waals surface area contributed by atoms with E-state index < -0.39 is 38.5 Å². The van der Waals surface area contributed by atoms with Gasteiger partial charge < -0.3 is 5.11 Å². The second-order valence-corrected chi connectivity index (χ2v) is 12.0. The van der Waals surface area contributed by atoms with E-state index in [0.717, 1.165) is 10.8 Å². The van der Waals surface area contributed by atoms with E-state index in [1.54, 1.807) is 109 Å². The van der Waals surface area contributed by atoms with E-state index in [-0.39, 0.29) is 5.56 Å². The molecule has 0 radical (unpaired) electrons. The van der Waals surface area contributed by atoms with Crippen LogP contribution in [0.5, 0.6) is 0 Å². The third-order valence-electron chi connectivity index (χ3n) is 6.65. The minimum Gasteiger partial charge on any atom is -0.384 e. The molecule has 0 heterocycles. The molecule has 5 rings (SSSR count). The largest absolute Gasteiger partial charge is 0.414 e. The third-order valence-corrected chi connectivity index (χ3v) is 9.58. The Labute approximate surface area is 236 Å². The fraction of sp³-hybridized carbons (Fsp3) is 0.121. The first-order valence-electron chi connectivity index (χ1n) is 13.0. The second-order valence-electron chi connectivity index (χ2n) is 9.46. The molecule has 0 saturated carbocycles. The van der Waals surface area contributed by atoms with Crippen molar-refractivity contribution in [1.29, 1.82) is 0 Å². The molecule has 0 bridgehead atoms. The summed E-state index contributed by atoms with van der Waals surface area (Å²) in [6, 6.07) is 38.5. The van der Waals surface area contributed by atoms with Crippen molar-refractivity contribution in [3.05, 3.63) is 145 Å². The van der Waals surface area contributed by atoms with Gasteiger partial charge in [-0.2, -0.15) is 17.7 Å². The summed E-state index contributed by atoms with van der Waals surface area (Å²) in [6.07, 6.45) is -9.63. The highest BCUT2D eigenvalue weighted by Crippen LogP contribution is 2.62. The summed E-state index contributed by atoms with van der Waals surface area (Å²) in [7, 11) is -3.64. The Morgan fingerprint density at radius 1 is 0.707 bits per heavy atom. The highest BCUT2D eigenvalue weighted by Gasteiger charge is 2.54. The van der Waals surface area contributed by atoms with Gasteiger partial charge in [-0.3, -0.25) is 4.52 Å². The van der Waals surface area contributed by atoms with Crippen LogP contribution in [0.4, 0.5) is 13.2 Å². The van der Waals surface area contributed by atoms with Crippen molar-refractivity contribution in [2.45, 2.75) is 24.8 Å². The van der Waals surface area contributed by atoms with E-state index in [9.17, 15) is 23.1 Å². The van der Waals surface area contributed by atoms with E-state index >= 15 is 0 Å². The normalized spacial score (nSPS) is 13.5. The third kappa shape index (κ3) is 6.49. The van der Waals surface area contributed by atoms with Gasteiger partial charge in [-0.15, -0.1) is 0 Å². The van der Waals surface area contributed by atoms with Crippen LogP contribution in [0.1, 0.15) is 28.4 Å². The zero-order valence-electron chi connectivity index (χ0n) is 21.8. The molecule has 2 atom stereocenters. The Hall–Kier alpha value is -4.03. The van der Waals surface area contributed by atoms with E-state index in [4.69, 9.17) is 9.05 Å². The van der Waals surface area contributed by atoms with Crippen LogP contribution in [0, 0.1) is 0 Å². The van der Waals surface area contributed by atoms with Crippen LogP contribution in [0.15, 0.2) is 133 Å². The number of halogens is 3. The molecule has 5 aromatic rings. The van der Waals surface area contributed by atoms with Crippen LogP contribution >= 0.6 is 7.72 Å². The first-order chi connectivity index (χ1) is 19.8. The Kier molecular flexibility index (Phi) is 8.50. The number of alkyl halides is 3. The maximum absolute atomic E-state index is 13.7. The number of benzene rings is 5. The van der Waals surface area contributed by atoms with Gasteiger partial charge in [0, 0.05) is 6.42 Å². The van der Waals surface area contributed by atoms with Gasteiger partial charge in [0.1, 0.15) is 6.10 Å². The van der Waals surface area contributed by atoms with E-state index in [0.29, 0.717) is 16.2 Å². The van der Waals surface area contributed by atoms with Crippen molar-refractivity contribution < 1.29 is 32.1 Å². The molecule has 4 nitrogen and oxygen atoms in total. The molecule has 1 N–H and O–H groups in total. The average Bonchev–Trinajstić information content (AvgIpc) is 3.00. The number of aliphatic hydroxyl groups is 1. The monoisotopic (exact) mass is 575 g/mol. The van der Waals surface area contributed by atoms with Crippen molar-refractivity contribution in [1.82, 2.24) is 0 Å². The minimum atomic E-state index is -4.88. The van der Waals surface area contributed by atoms with Crippen LogP contribution in [0.25, 0.3) is 10.8 Å². The lowest BCUT2D eigenvalue weighted by molar-refractivity contribution is -0.210. The molecule has 8 heteroatoms. The minimum absolute atomic E-state index is 0.268. The van der Waals surface area contributed by atoms with Gasteiger partial charge in [-0.25, -0.2) is 4.79 Å². The maximum atomic E-state index is 13.7. The van der Waals surface area contributed by atoms with Gasteiger partial charge in [0.25, 0.3) is 0 Å². The van der Waals surface area contributed by atoms with Crippen LogP contribution in [-0.4, -0.2) is 23.4 Å². The van der Waals surface area contributed by atoms with Crippen LogP contribution in [0.2, 0.25) is 0 Å². The molecule has 0 spiro atoms. The first-order valence-corrected chi connectivity index (χ1v) is 14.6. The molecule has 0 aliphatic carbocycles. The molecule has 0 saturated heterocycles. The van der Waals surface area contributed by atoms with E-state index in [2.05, 4.69) is 0 Å². The van der Waals surface area contributed by atoms with Crippen molar-refractivity contribution in [3.63, 3.8) is 0 Å². The fourth-order valence-electron chi connectivity index (χ4n) is 4.55. The van der Waals surface area contributed by atoms with Gasteiger partial charge >= 0.3 is 19.9 Å². The molecule has 0 aromatic heterocycles. The van der Waals surface area contributed by atoms with Gasteiger partial charge in [0.15, 0.2) is 16.7 Å². The van der Waals surface area contributed by atoms with Gasteiger partial charge in [0.2, 0.25) is 0 Å². The molecule has 208 valence electrons. The lowest BCUT2D eigenvalue weighted by Crippen LogP contribution is -2.34. The van der Waals surface area contributed by atoms with Crippen LogP contribution < -0.4 is 10.6 Å². The van der Waals surface area contributed by atoms with Crippen LogP contribution in [-0.2, 0) is 9.05 Å². The van der Waals surface area contributed by atoms with Gasteiger partial charge in [0.05, 0.1) is 5.56 Å². The number of fused-ring (bicyclic) bond motifs is 1. The topological polar surface area (TPSA) is 55.8 Å². The Morgan fingerprint density at radius 3 is 1.78 bits per heavy atom. The predicted octanol–water partition coefficient (Wildman–Crippen LogP) is 7.57. The predicted molar refractivity (Wildman–Crippen MR) is 155 cm³/mol. The zero-order chi connectivity index (χ0) is 28.9. The van der Waals surface area contributed by atoms with Crippen molar-refractivity contribution >= 4 is 35.1 Å². The summed E-state index contributed by atoms with van der Waals surface area (Å²) in [6.45, 7) is 0. The second kappa shape index (κ2) is 12.2. The SMILES string of the molecule is O=C(O[P+](OC(CC(O)C(F)(F)F)c1ccc2ccccc2c1)(c1ccccc1)c1ccccc1)c1ccccc1. The average molecular weight is 576 g/mol. The zero-order valence-corrected chi connectivity index (χ0v) is 22.7. The molecule has 2 unspecified atom stereocenters. The number of hydrogen-bond donors (Lipinski definition) is 1. The summed E-state index contributed by atoms with van der Waals surface area (Å²) in [5, 5.41) is 12.9. The summed E-state index contributed by atoms with van der Waals surface area (Å²) >= 11 is 0. The lowest BCUT2D eigenvalue weighted by Gasteiger charge is -2.29. The summed E-state index contributed by atoms with van der Waals surface area (Å²) < 4.78 is 54.1. The summed E-state index contributed by atoms with van der Waals surface area (Å²) in [5.74, 6) is -0.680. The molecule has 0 aliphatic rings. The smallest absolute Gasteiger partial charge is 0.384 e. The number of rotatable bonds is 9. The Balaban J connectivity index is 1.69. The number of carbonyl (C=O) groups is 1. The Morgan fingerprint density at radius 2 is 1.22 bits per heavy atom. The van der Waals surface area contributed by atoms with Crippen molar-refractivity contribution in [2.24, 2.45) is 0 Å². The molecule has 0 aliphatic heterocycles. The molecule has 41 heavy (non-hydrogen) atoms. The molecule has 0 amide bonds. The number of aliphatic hydroxyl groups excluding tert-OH is 1. The van der Waals surface area contributed by atoms with Crippen molar-refractivity contribution in [2.75, 3.05) is 0 Å². The summed E-state index contributed by atoms with van der Waals surface area (Å²) in [4.78, 5) is 13.6. The first kappa shape index (κ1) is 28.5. The van der Waals surface area contributed by atoms with Gasteiger partial charge in [-0.05, 0) is 58.8 Å². The van der Waals surface area contributed by atoms with Crippen molar-refractivity contribution in [3.8, 4) is 0 Å². The molecular formula is C33H27F3O4P+. The Bertz CT molecular complexity index is 1560. The highest BCUT2D eigenvalue weighted by atomic mass is 31.2. The van der Waals surface area contributed by atoms with E-state index in [1.165, 1.54) is 0 Å². The standard InChI is InChI=1S/C33H27F3O4P/c34-33(35,36)31(37)23-30(27-21-20-24-12-10-11-15-26(24)22-27)39-41(28-16-6-2-7-17-28,29-18-8-3-9-19-29)40-32(38)25-13-4-1-5-14-25/h1-22,30-31,37H,23H2/q+1. The van der Waals surface area contributed by atoms with Crippen LogP contribution in [0.3, 0.4) is 0 Å².